The van der Waals surface area contributed by atoms with Crippen molar-refractivity contribution in [2.24, 2.45) is 23.2 Å². The molecule has 0 saturated heterocycles. The number of aliphatic hydroxyl groups is 1. The molecule has 0 radical (unpaired) electrons. The van der Waals surface area contributed by atoms with Crippen LogP contribution in [0, 0.1) is 23.2 Å². The number of hydrogen-bond acceptors (Lipinski definition) is 3. The van der Waals surface area contributed by atoms with Crippen molar-refractivity contribution in [3.05, 3.63) is 71.3 Å². The minimum absolute atomic E-state index is 0.0833. The van der Waals surface area contributed by atoms with Crippen molar-refractivity contribution in [3.63, 3.8) is 0 Å². The van der Waals surface area contributed by atoms with E-state index in [1.165, 1.54) is 49.7 Å². The SMILES string of the molecule is C=C1CC[C@H](OC(=O)c2ccccc2)CC1=CC=C1CCC[C@@]2(C)C1CC[C@@H]2[C@H](C)CCCC(C)(C)O. The van der Waals surface area contributed by atoms with E-state index < -0.39 is 5.60 Å². The Hall–Kier alpha value is -2.13. The summed E-state index contributed by atoms with van der Waals surface area (Å²) >= 11 is 0. The number of rotatable bonds is 8. The molecule has 0 aromatic heterocycles. The summed E-state index contributed by atoms with van der Waals surface area (Å²) in [5.41, 5.74) is 4.49. The minimum Gasteiger partial charge on any atom is -0.458 e. The molecular formula is C34H48O3. The maximum Gasteiger partial charge on any atom is 0.338 e. The van der Waals surface area contributed by atoms with Crippen LogP contribution in [-0.4, -0.2) is 22.8 Å². The predicted octanol–water partition coefficient (Wildman–Crippen LogP) is 8.60. The average Bonchev–Trinajstić information content (AvgIpc) is 3.21. The Labute approximate surface area is 225 Å². The Morgan fingerprint density at radius 1 is 1.19 bits per heavy atom. The van der Waals surface area contributed by atoms with Gasteiger partial charge in [-0.1, -0.05) is 74.8 Å². The second kappa shape index (κ2) is 11.7. The molecule has 0 spiro atoms. The van der Waals surface area contributed by atoms with Gasteiger partial charge in [-0.25, -0.2) is 4.79 Å². The van der Waals surface area contributed by atoms with E-state index in [9.17, 15) is 9.90 Å². The van der Waals surface area contributed by atoms with Gasteiger partial charge in [-0.05, 0) is 106 Å². The van der Waals surface area contributed by atoms with Gasteiger partial charge in [0.05, 0.1) is 11.2 Å². The molecule has 0 amide bonds. The molecule has 5 atom stereocenters. The van der Waals surface area contributed by atoms with E-state index in [0.29, 0.717) is 22.8 Å². The fourth-order valence-electron chi connectivity index (χ4n) is 7.55. The minimum atomic E-state index is -0.557. The van der Waals surface area contributed by atoms with Crippen LogP contribution in [0.3, 0.4) is 0 Å². The largest absolute Gasteiger partial charge is 0.458 e. The molecule has 1 N–H and O–H groups in total. The van der Waals surface area contributed by atoms with Crippen molar-refractivity contribution in [2.75, 3.05) is 0 Å². The number of allylic oxidation sites excluding steroid dienone is 4. The van der Waals surface area contributed by atoms with Crippen LogP contribution in [0.2, 0.25) is 0 Å². The number of carbonyl (C=O) groups is 1. The Balaban J connectivity index is 1.41. The van der Waals surface area contributed by atoms with Gasteiger partial charge in [-0.3, -0.25) is 0 Å². The van der Waals surface area contributed by atoms with Crippen molar-refractivity contribution in [1.82, 2.24) is 0 Å². The second-order valence-corrected chi connectivity index (χ2v) is 13.0. The maximum atomic E-state index is 12.6. The molecule has 3 aliphatic carbocycles. The number of fused-ring (bicyclic) bond motifs is 1. The van der Waals surface area contributed by atoms with Gasteiger partial charge in [0, 0.05) is 6.42 Å². The molecule has 37 heavy (non-hydrogen) atoms. The lowest BCUT2D eigenvalue weighted by Crippen LogP contribution is -2.36. The summed E-state index contributed by atoms with van der Waals surface area (Å²) in [6, 6.07) is 9.29. The third kappa shape index (κ3) is 6.85. The lowest BCUT2D eigenvalue weighted by molar-refractivity contribution is 0.0270. The van der Waals surface area contributed by atoms with Crippen molar-refractivity contribution < 1.29 is 14.6 Å². The van der Waals surface area contributed by atoms with E-state index >= 15 is 0 Å². The van der Waals surface area contributed by atoms with E-state index in [-0.39, 0.29) is 12.1 Å². The van der Waals surface area contributed by atoms with Crippen molar-refractivity contribution in [2.45, 2.75) is 110 Å². The summed E-state index contributed by atoms with van der Waals surface area (Å²) in [7, 11) is 0. The fraction of sp³-hybridized carbons (Fsp3) is 0.618. The summed E-state index contributed by atoms with van der Waals surface area (Å²) in [6.45, 7) is 13.2. The zero-order valence-corrected chi connectivity index (χ0v) is 23.6. The van der Waals surface area contributed by atoms with Crippen LogP contribution in [0.25, 0.3) is 0 Å². The lowest BCUT2D eigenvalue weighted by atomic mass is 9.60. The molecule has 3 heteroatoms. The second-order valence-electron chi connectivity index (χ2n) is 13.0. The molecule has 3 fully saturated rings. The van der Waals surface area contributed by atoms with Gasteiger partial charge in [-0.15, -0.1) is 0 Å². The van der Waals surface area contributed by atoms with E-state index in [4.69, 9.17) is 4.74 Å². The van der Waals surface area contributed by atoms with Gasteiger partial charge in [0.15, 0.2) is 0 Å². The first-order chi connectivity index (χ1) is 17.6. The summed E-state index contributed by atoms with van der Waals surface area (Å²) in [6.07, 6.45) is 16.7. The zero-order chi connectivity index (χ0) is 26.6. The van der Waals surface area contributed by atoms with Crippen LogP contribution in [0.1, 0.15) is 109 Å². The van der Waals surface area contributed by atoms with Crippen LogP contribution in [0.15, 0.2) is 65.8 Å². The van der Waals surface area contributed by atoms with E-state index in [1.54, 1.807) is 5.57 Å². The molecular weight excluding hydrogens is 456 g/mol. The number of esters is 1. The molecule has 0 heterocycles. The van der Waals surface area contributed by atoms with Gasteiger partial charge in [0.25, 0.3) is 0 Å². The van der Waals surface area contributed by atoms with Gasteiger partial charge in [0.2, 0.25) is 0 Å². The molecule has 202 valence electrons. The summed E-state index contributed by atoms with van der Waals surface area (Å²) in [5, 5.41) is 10.1. The smallest absolute Gasteiger partial charge is 0.338 e. The molecule has 1 aromatic rings. The third-order valence-corrected chi connectivity index (χ3v) is 9.62. The first kappa shape index (κ1) is 27.9. The van der Waals surface area contributed by atoms with E-state index in [1.807, 2.05) is 44.2 Å². The number of benzene rings is 1. The van der Waals surface area contributed by atoms with Crippen molar-refractivity contribution in [1.29, 1.82) is 0 Å². The predicted molar refractivity (Wildman–Crippen MR) is 152 cm³/mol. The van der Waals surface area contributed by atoms with E-state index in [0.717, 1.165) is 38.0 Å². The highest BCUT2D eigenvalue weighted by molar-refractivity contribution is 5.89. The monoisotopic (exact) mass is 504 g/mol. The van der Waals surface area contributed by atoms with Crippen LogP contribution >= 0.6 is 0 Å². The number of hydrogen-bond donors (Lipinski definition) is 1. The first-order valence-corrected chi connectivity index (χ1v) is 14.6. The van der Waals surface area contributed by atoms with Crippen LogP contribution in [0.5, 0.6) is 0 Å². The third-order valence-electron chi connectivity index (χ3n) is 9.62. The standard InChI is InChI=1S/C34H48O3/c1-24-15-18-29(37-32(35)27-12-7-6-8-13-27)23-28(24)17-16-26-14-10-22-34(5)30(19-20-31(26)34)25(2)11-9-21-33(3,4)36/h6-8,12-13,16-17,25,29-31,36H,1,9-11,14-15,18-23H2,2-5H3/t25-,29+,30-,31?,34-/m1/s1. The topological polar surface area (TPSA) is 46.5 Å². The van der Waals surface area contributed by atoms with Crippen LogP contribution in [-0.2, 0) is 4.74 Å². The summed E-state index contributed by atoms with van der Waals surface area (Å²) < 4.78 is 5.87. The highest BCUT2D eigenvalue weighted by Gasteiger charge is 2.50. The lowest BCUT2D eigenvalue weighted by Gasteiger charge is -2.44. The molecule has 3 nitrogen and oxygen atoms in total. The normalized spacial score (nSPS) is 31.4. The molecule has 1 unspecified atom stereocenters. The van der Waals surface area contributed by atoms with Gasteiger partial charge in [0.1, 0.15) is 6.10 Å². The Bertz CT molecular complexity index is 1010. The summed E-state index contributed by atoms with van der Waals surface area (Å²) in [4.78, 5) is 12.6. The molecule has 1 aromatic carbocycles. The van der Waals surface area contributed by atoms with E-state index in [2.05, 4.69) is 32.6 Å². The molecule has 3 saturated carbocycles. The van der Waals surface area contributed by atoms with Gasteiger partial charge >= 0.3 is 5.97 Å². The Morgan fingerprint density at radius 2 is 1.95 bits per heavy atom. The van der Waals surface area contributed by atoms with Crippen LogP contribution < -0.4 is 0 Å². The quantitative estimate of drug-likeness (QED) is 0.361. The molecule has 3 aliphatic rings. The Kier molecular flexibility index (Phi) is 8.84. The highest BCUT2D eigenvalue weighted by Crippen LogP contribution is 2.60. The molecule has 0 aliphatic heterocycles. The van der Waals surface area contributed by atoms with Crippen molar-refractivity contribution in [3.8, 4) is 0 Å². The zero-order valence-electron chi connectivity index (χ0n) is 23.6. The van der Waals surface area contributed by atoms with Gasteiger partial charge < -0.3 is 9.84 Å². The van der Waals surface area contributed by atoms with Gasteiger partial charge in [-0.2, -0.15) is 0 Å². The first-order valence-electron chi connectivity index (χ1n) is 14.6. The molecule has 4 rings (SSSR count). The van der Waals surface area contributed by atoms with Crippen molar-refractivity contribution >= 4 is 5.97 Å². The molecule has 0 bridgehead atoms. The highest BCUT2D eigenvalue weighted by atomic mass is 16.5. The average molecular weight is 505 g/mol. The number of ether oxygens (including phenoxy) is 1. The summed E-state index contributed by atoms with van der Waals surface area (Å²) in [5.74, 6) is 1.91. The maximum absolute atomic E-state index is 12.6. The van der Waals surface area contributed by atoms with Crippen LogP contribution in [0.4, 0.5) is 0 Å². The fourth-order valence-corrected chi connectivity index (χ4v) is 7.55. The number of carbonyl (C=O) groups excluding carboxylic acids is 1. The Morgan fingerprint density at radius 3 is 2.68 bits per heavy atom.